The van der Waals surface area contributed by atoms with Gasteiger partial charge in [0, 0.05) is 20.8 Å². The molecular formula is C35H28O2S. The lowest BCUT2D eigenvalue weighted by Gasteiger charge is -2.35. The molecule has 0 atom stereocenters. The van der Waals surface area contributed by atoms with Crippen LogP contribution in [0, 0.1) is 6.92 Å². The van der Waals surface area contributed by atoms with Crippen molar-refractivity contribution in [2.75, 3.05) is 0 Å². The lowest BCUT2D eigenvalue weighted by atomic mass is 9.68. The molecule has 2 nitrogen and oxygen atoms in total. The third-order valence-electron chi connectivity index (χ3n) is 7.57. The summed E-state index contributed by atoms with van der Waals surface area (Å²) in [5, 5.41) is 26.1. The third-order valence-corrected chi connectivity index (χ3v) is 8.55. The maximum absolute atomic E-state index is 11.4. The van der Waals surface area contributed by atoms with Gasteiger partial charge in [-0.2, -0.15) is 0 Å². The van der Waals surface area contributed by atoms with Gasteiger partial charge in [-0.15, -0.1) is 0 Å². The molecule has 0 aliphatic heterocycles. The summed E-state index contributed by atoms with van der Waals surface area (Å²) in [7, 11) is 0. The molecule has 0 amide bonds. The zero-order chi connectivity index (χ0) is 26.3. The van der Waals surface area contributed by atoms with Crippen molar-refractivity contribution >= 4 is 33.3 Å². The molecule has 6 aromatic rings. The van der Waals surface area contributed by atoms with Gasteiger partial charge >= 0.3 is 0 Å². The average Bonchev–Trinajstić information content (AvgIpc) is 2.95. The molecule has 0 saturated heterocycles. The minimum absolute atomic E-state index is 0.264. The van der Waals surface area contributed by atoms with E-state index >= 15 is 0 Å². The Morgan fingerprint density at radius 2 is 1.03 bits per heavy atom. The Balaban J connectivity index is 1.63. The molecule has 0 bridgehead atoms. The SMILES string of the molecule is Cc1cc(Sc2ccc(O)c(C(C)(c3cccc4ccccc34)c3cccc4ccccc34)c2)ccc1O. The molecule has 0 unspecified atom stereocenters. The summed E-state index contributed by atoms with van der Waals surface area (Å²) in [5.74, 6) is 0.555. The molecule has 0 aliphatic carbocycles. The Morgan fingerprint density at radius 3 is 1.61 bits per heavy atom. The van der Waals surface area contributed by atoms with Crippen LogP contribution < -0.4 is 0 Å². The van der Waals surface area contributed by atoms with Crippen LogP contribution in [0.25, 0.3) is 21.5 Å². The molecule has 0 aliphatic rings. The molecular weight excluding hydrogens is 484 g/mol. The summed E-state index contributed by atoms with van der Waals surface area (Å²) >= 11 is 1.62. The smallest absolute Gasteiger partial charge is 0.120 e. The van der Waals surface area contributed by atoms with Crippen molar-refractivity contribution < 1.29 is 10.2 Å². The molecule has 0 radical (unpaired) electrons. The monoisotopic (exact) mass is 512 g/mol. The van der Waals surface area contributed by atoms with Crippen LogP contribution in [0.2, 0.25) is 0 Å². The van der Waals surface area contributed by atoms with E-state index in [1.807, 2.05) is 25.1 Å². The molecule has 38 heavy (non-hydrogen) atoms. The minimum Gasteiger partial charge on any atom is -0.508 e. The zero-order valence-electron chi connectivity index (χ0n) is 21.3. The number of aryl methyl sites for hydroxylation is 1. The van der Waals surface area contributed by atoms with E-state index in [0.29, 0.717) is 5.75 Å². The van der Waals surface area contributed by atoms with Gasteiger partial charge in [-0.1, -0.05) is 96.7 Å². The third kappa shape index (κ3) is 4.09. The van der Waals surface area contributed by atoms with E-state index in [9.17, 15) is 10.2 Å². The van der Waals surface area contributed by atoms with Crippen molar-refractivity contribution in [1.82, 2.24) is 0 Å². The van der Waals surface area contributed by atoms with Crippen LogP contribution in [0.15, 0.2) is 131 Å². The molecule has 6 aromatic carbocycles. The van der Waals surface area contributed by atoms with E-state index in [4.69, 9.17) is 0 Å². The normalized spacial score (nSPS) is 11.7. The van der Waals surface area contributed by atoms with E-state index in [2.05, 4.69) is 97.9 Å². The molecule has 0 aromatic heterocycles. The lowest BCUT2D eigenvalue weighted by molar-refractivity contribution is 0.457. The van der Waals surface area contributed by atoms with Gasteiger partial charge in [0.1, 0.15) is 11.5 Å². The Kier molecular flexibility index (Phi) is 6.09. The molecule has 0 fully saturated rings. The number of aromatic hydroxyl groups is 2. The fraction of sp³-hybridized carbons (Fsp3) is 0.0857. The van der Waals surface area contributed by atoms with Gasteiger partial charge in [0.15, 0.2) is 0 Å². The second-order valence-electron chi connectivity index (χ2n) is 9.91. The quantitative estimate of drug-likeness (QED) is 0.226. The molecule has 0 heterocycles. The molecule has 3 heteroatoms. The highest BCUT2D eigenvalue weighted by Gasteiger charge is 2.36. The van der Waals surface area contributed by atoms with E-state index in [1.165, 1.54) is 10.8 Å². The first-order chi connectivity index (χ1) is 18.4. The number of phenols is 2. The Bertz CT molecular complexity index is 1710. The van der Waals surface area contributed by atoms with Crippen LogP contribution in [0.1, 0.15) is 29.2 Å². The number of phenolic OH excluding ortho intramolecular Hbond substituents is 2. The highest BCUT2D eigenvalue weighted by molar-refractivity contribution is 7.99. The maximum Gasteiger partial charge on any atom is 0.120 e. The standard InChI is InChI=1S/C35H28O2S/c1-23-21-26(17-19-33(23)36)38-27-18-20-34(37)32(22-27)35(2,30-15-7-11-24-9-3-5-13-28(24)30)31-16-8-12-25-10-4-6-14-29(25)31/h3-22,36-37H,1-2H3. The van der Waals surface area contributed by atoms with E-state index < -0.39 is 5.41 Å². The van der Waals surface area contributed by atoms with Gasteiger partial charge < -0.3 is 10.2 Å². The Labute approximate surface area is 227 Å². The summed E-state index contributed by atoms with van der Waals surface area (Å²) in [6.45, 7) is 4.13. The number of hydrogen-bond donors (Lipinski definition) is 2. The summed E-state index contributed by atoms with van der Waals surface area (Å²) in [6.07, 6.45) is 0. The first kappa shape index (κ1) is 24.1. The zero-order valence-corrected chi connectivity index (χ0v) is 22.2. The highest BCUT2D eigenvalue weighted by atomic mass is 32.2. The van der Waals surface area contributed by atoms with Gasteiger partial charge in [-0.05, 0) is 88.5 Å². The van der Waals surface area contributed by atoms with E-state index in [1.54, 1.807) is 23.9 Å². The molecule has 0 spiro atoms. The van der Waals surface area contributed by atoms with Crippen molar-refractivity contribution in [3.8, 4) is 11.5 Å². The van der Waals surface area contributed by atoms with Gasteiger partial charge in [-0.25, -0.2) is 0 Å². The molecule has 186 valence electrons. The second-order valence-corrected chi connectivity index (χ2v) is 11.1. The predicted molar refractivity (Wildman–Crippen MR) is 159 cm³/mol. The van der Waals surface area contributed by atoms with Crippen LogP contribution in [0.5, 0.6) is 11.5 Å². The first-order valence-corrected chi connectivity index (χ1v) is 13.5. The van der Waals surface area contributed by atoms with Gasteiger partial charge in [0.2, 0.25) is 0 Å². The number of rotatable bonds is 5. The molecule has 0 saturated carbocycles. The van der Waals surface area contributed by atoms with Crippen molar-refractivity contribution in [2.45, 2.75) is 29.1 Å². The summed E-state index contributed by atoms with van der Waals surface area (Å²) < 4.78 is 0. The number of hydrogen-bond acceptors (Lipinski definition) is 3. The topological polar surface area (TPSA) is 40.5 Å². The van der Waals surface area contributed by atoms with Crippen LogP contribution in [-0.4, -0.2) is 10.2 Å². The largest absolute Gasteiger partial charge is 0.508 e. The average molecular weight is 513 g/mol. The Hall–Kier alpha value is -4.21. The van der Waals surface area contributed by atoms with E-state index in [0.717, 1.165) is 42.8 Å². The summed E-state index contributed by atoms with van der Waals surface area (Å²) in [5.41, 5.74) is 3.33. The Morgan fingerprint density at radius 1 is 0.526 bits per heavy atom. The predicted octanol–water partition coefficient (Wildman–Crippen LogP) is 9.22. The van der Waals surface area contributed by atoms with Gasteiger partial charge in [0.25, 0.3) is 0 Å². The first-order valence-electron chi connectivity index (χ1n) is 12.7. The lowest BCUT2D eigenvalue weighted by Crippen LogP contribution is -2.26. The number of benzene rings is 6. The second kappa shape index (κ2) is 9.59. The van der Waals surface area contributed by atoms with Gasteiger partial charge in [0.05, 0.1) is 0 Å². The number of fused-ring (bicyclic) bond motifs is 2. The maximum atomic E-state index is 11.4. The van der Waals surface area contributed by atoms with Crippen molar-refractivity contribution in [2.24, 2.45) is 0 Å². The highest BCUT2D eigenvalue weighted by Crippen LogP contribution is 2.48. The molecule has 2 N–H and O–H groups in total. The van der Waals surface area contributed by atoms with Gasteiger partial charge in [-0.3, -0.25) is 0 Å². The minimum atomic E-state index is -0.646. The van der Waals surface area contributed by atoms with Crippen LogP contribution in [-0.2, 0) is 5.41 Å². The fourth-order valence-corrected chi connectivity index (χ4v) is 6.52. The van der Waals surface area contributed by atoms with Crippen molar-refractivity contribution in [1.29, 1.82) is 0 Å². The van der Waals surface area contributed by atoms with Crippen LogP contribution in [0.3, 0.4) is 0 Å². The molecule has 6 rings (SSSR count). The van der Waals surface area contributed by atoms with Crippen LogP contribution in [0.4, 0.5) is 0 Å². The summed E-state index contributed by atoms with van der Waals surface area (Å²) in [6, 6.07) is 41.3. The van der Waals surface area contributed by atoms with Crippen molar-refractivity contribution in [3.05, 3.63) is 144 Å². The van der Waals surface area contributed by atoms with Crippen LogP contribution >= 0.6 is 11.8 Å². The fourth-order valence-electron chi connectivity index (χ4n) is 5.56. The van der Waals surface area contributed by atoms with E-state index in [-0.39, 0.29) is 5.75 Å². The van der Waals surface area contributed by atoms with Crippen molar-refractivity contribution in [3.63, 3.8) is 0 Å². The summed E-state index contributed by atoms with van der Waals surface area (Å²) in [4.78, 5) is 2.06.